The maximum absolute atomic E-state index is 5.82. The SMILES string of the molecule is Cc1cccc([C@@H](N)CN)c1N. The molecule has 0 amide bonds. The average Bonchev–Trinajstić information content (AvgIpc) is 2.08. The van der Waals surface area contributed by atoms with Crippen molar-refractivity contribution >= 4 is 5.69 Å². The van der Waals surface area contributed by atoms with Crippen LogP contribution in [0.2, 0.25) is 0 Å². The van der Waals surface area contributed by atoms with Crippen LogP contribution in [0.15, 0.2) is 18.2 Å². The number of nitrogens with two attached hydrogens (primary N) is 3. The predicted molar refractivity (Wildman–Crippen MR) is 51.6 cm³/mol. The van der Waals surface area contributed by atoms with Crippen molar-refractivity contribution in [3.63, 3.8) is 0 Å². The summed E-state index contributed by atoms with van der Waals surface area (Å²) in [7, 11) is 0. The molecule has 66 valence electrons. The number of rotatable bonds is 2. The van der Waals surface area contributed by atoms with E-state index in [0.29, 0.717) is 6.54 Å². The summed E-state index contributed by atoms with van der Waals surface area (Å²) in [6.45, 7) is 2.38. The molecule has 3 heteroatoms. The number of nitrogen functional groups attached to an aromatic ring is 1. The Morgan fingerprint density at radius 1 is 1.42 bits per heavy atom. The maximum Gasteiger partial charge on any atom is 0.0440 e. The summed E-state index contributed by atoms with van der Waals surface area (Å²) < 4.78 is 0. The van der Waals surface area contributed by atoms with Gasteiger partial charge in [-0.25, -0.2) is 0 Å². The van der Waals surface area contributed by atoms with E-state index in [-0.39, 0.29) is 6.04 Å². The van der Waals surface area contributed by atoms with Gasteiger partial charge in [0.2, 0.25) is 0 Å². The Labute approximate surface area is 72.5 Å². The number of hydrogen-bond acceptors (Lipinski definition) is 3. The van der Waals surface area contributed by atoms with Crippen LogP contribution < -0.4 is 17.2 Å². The molecule has 6 N–H and O–H groups in total. The first-order valence-corrected chi connectivity index (χ1v) is 3.97. The van der Waals surface area contributed by atoms with E-state index >= 15 is 0 Å². The largest absolute Gasteiger partial charge is 0.398 e. The molecule has 0 unspecified atom stereocenters. The monoisotopic (exact) mass is 165 g/mol. The van der Waals surface area contributed by atoms with E-state index in [9.17, 15) is 0 Å². The Hall–Kier alpha value is -1.06. The molecule has 0 saturated carbocycles. The Kier molecular flexibility index (Phi) is 2.68. The van der Waals surface area contributed by atoms with Crippen LogP contribution in [-0.2, 0) is 0 Å². The molecule has 3 nitrogen and oxygen atoms in total. The molecule has 0 bridgehead atoms. The molecule has 0 aromatic heterocycles. The standard InChI is InChI=1S/C9H15N3/c1-6-3-2-4-7(9(6)12)8(11)5-10/h2-4,8H,5,10-12H2,1H3/t8-/m0/s1. The molecule has 12 heavy (non-hydrogen) atoms. The van der Waals surface area contributed by atoms with Crippen molar-refractivity contribution in [2.45, 2.75) is 13.0 Å². The summed E-state index contributed by atoms with van der Waals surface area (Å²) in [6, 6.07) is 5.67. The first kappa shape index (κ1) is 9.03. The van der Waals surface area contributed by atoms with E-state index in [4.69, 9.17) is 17.2 Å². The molecule has 0 saturated heterocycles. The zero-order chi connectivity index (χ0) is 9.14. The lowest BCUT2D eigenvalue weighted by Gasteiger charge is -2.13. The van der Waals surface area contributed by atoms with Crippen molar-refractivity contribution in [2.24, 2.45) is 11.5 Å². The molecule has 0 aliphatic carbocycles. The fourth-order valence-electron chi connectivity index (χ4n) is 1.15. The van der Waals surface area contributed by atoms with Crippen molar-refractivity contribution in [1.82, 2.24) is 0 Å². The minimum atomic E-state index is -0.148. The Balaban J connectivity index is 3.07. The highest BCUT2D eigenvalue weighted by molar-refractivity contribution is 5.54. The van der Waals surface area contributed by atoms with Crippen LogP contribution in [-0.4, -0.2) is 6.54 Å². The Bertz CT molecular complexity index is 270. The normalized spacial score (nSPS) is 12.9. The number of para-hydroxylation sites is 1. The second kappa shape index (κ2) is 3.56. The topological polar surface area (TPSA) is 78.1 Å². The van der Waals surface area contributed by atoms with Gasteiger partial charge in [0.1, 0.15) is 0 Å². The fourth-order valence-corrected chi connectivity index (χ4v) is 1.15. The van der Waals surface area contributed by atoms with Crippen molar-refractivity contribution in [2.75, 3.05) is 12.3 Å². The summed E-state index contributed by atoms with van der Waals surface area (Å²) in [5.74, 6) is 0. The van der Waals surface area contributed by atoms with E-state index in [1.807, 2.05) is 25.1 Å². The molecule has 0 heterocycles. The third-order valence-corrected chi connectivity index (χ3v) is 2.01. The molecule has 0 aliphatic heterocycles. The number of aryl methyl sites for hydroxylation is 1. The van der Waals surface area contributed by atoms with Crippen LogP contribution in [0, 0.1) is 6.92 Å². The molecule has 0 aliphatic rings. The molecule has 1 atom stereocenters. The van der Waals surface area contributed by atoms with Gasteiger partial charge in [-0.2, -0.15) is 0 Å². The predicted octanol–water partition coefficient (Wildman–Crippen LogP) is 0.536. The lowest BCUT2D eigenvalue weighted by Crippen LogP contribution is -2.22. The van der Waals surface area contributed by atoms with Gasteiger partial charge in [0.15, 0.2) is 0 Å². The van der Waals surface area contributed by atoms with Gasteiger partial charge in [0, 0.05) is 18.3 Å². The van der Waals surface area contributed by atoms with Crippen LogP contribution in [0.5, 0.6) is 0 Å². The summed E-state index contributed by atoms with van der Waals surface area (Å²) in [5, 5.41) is 0. The molecule has 0 spiro atoms. The lowest BCUT2D eigenvalue weighted by atomic mass is 10.0. The lowest BCUT2D eigenvalue weighted by molar-refractivity contribution is 0.739. The second-order valence-corrected chi connectivity index (χ2v) is 2.92. The Morgan fingerprint density at radius 2 is 2.08 bits per heavy atom. The van der Waals surface area contributed by atoms with Crippen molar-refractivity contribution in [3.8, 4) is 0 Å². The van der Waals surface area contributed by atoms with Crippen molar-refractivity contribution in [1.29, 1.82) is 0 Å². The van der Waals surface area contributed by atoms with Crippen molar-refractivity contribution in [3.05, 3.63) is 29.3 Å². The molecule has 1 rings (SSSR count). The summed E-state index contributed by atoms with van der Waals surface area (Å²) in [5.41, 5.74) is 19.8. The smallest absolute Gasteiger partial charge is 0.0440 e. The van der Waals surface area contributed by atoms with Gasteiger partial charge in [0.05, 0.1) is 0 Å². The minimum Gasteiger partial charge on any atom is -0.398 e. The fraction of sp³-hybridized carbons (Fsp3) is 0.333. The molecule has 0 radical (unpaired) electrons. The quantitative estimate of drug-likeness (QED) is 0.559. The van der Waals surface area contributed by atoms with Gasteiger partial charge in [-0.1, -0.05) is 18.2 Å². The first-order chi connectivity index (χ1) is 5.66. The van der Waals surface area contributed by atoms with E-state index in [2.05, 4.69) is 0 Å². The number of benzene rings is 1. The van der Waals surface area contributed by atoms with Gasteiger partial charge in [-0.3, -0.25) is 0 Å². The Morgan fingerprint density at radius 3 is 2.67 bits per heavy atom. The van der Waals surface area contributed by atoms with Crippen LogP contribution in [0.3, 0.4) is 0 Å². The number of hydrogen-bond donors (Lipinski definition) is 3. The molecular weight excluding hydrogens is 150 g/mol. The van der Waals surface area contributed by atoms with Gasteiger partial charge >= 0.3 is 0 Å². The highest BCUT2D eigenvalue weighted by Crippen LogP contribution is 2.20. The highest BCUT2D eigenvalue weighted by Gasteiger charge is 2.07. The third kappa shape index (κ3) is 1.57. The van der Waals surface area contributed by atoms with Gasteiger partial charge in [-0.05, 0) is 18.1 Å². The molecule has 1 aromatic rings. The average molecular weight is 165 g/mol. The summed E-state index contributed by atoms with van der Waals surface area (Å²) in [4.78, 5) is 0. The van der Waals surface area contributed by atoms with E-state index < -0.39 is 0 Å². The minimum absolute atomic E-state index is 0.148. The first-order valence-electron chi connectivity index (χ1n) is 3.97. The third-order valence-electron chi connectivity index (χ3n) is 2.01. The van der Waals surface area contributed by atoms with E-state index in [0.717, 1.165) is 16.8 Å². The van der Waals surface area contributed by atoms with Gasteiger partial charge < -0.3 is 17.2 Å². The van der Waals surface area contributed by atoms with Crippen LogP contribution in [0.25, 0.3) is 0 Å². The van der Waals surface area contributed by atoms with Crippen molar-refractivity contribution < 1.29 is 0 Å². The van der Waals surface area contributed by atoms with Crippen LogP contribution in [0.1, 0.15) is 17.2 Å². The van der Waals surface area contributed by atoms with E-state index in [1.54, 1.807) is 0 Å². The molecular formula is C9H15N3. The summed E-state index contributed by atoms with van der Waals surface area (Å²) >= 11 is 0. The molecule has 1 aromatic carbocycles. The zero-order valence-electron chi connectivity index (χ0n) is 7.25. The zero-order valence-corrected chi connectivity index (χ0v) is 7.25. The molecule has 0 fully saturated rings. The maximum atomic E-state index is 5.82. The highest BCUT2D eigenvalue weighted by atomic mass is 14.7. The summed E-state index contributed by atoms with van der Waals surface area (Å²) in [6.07, 6.45) is 0. The number of anilines is 1. The van der Waals surface area contributed by atoms with Crippen LogP contribution in [0.4, 0.5) is 5.69 Å². The van der Waals surface area contributed by atoms with Gasteiger partial charge in [0.25, 0.3) is 0 Å². The van der Waals surface area contributed by atoms with E-state index in [1.165, 1.54) is 0 Å². The van der Waals surface area contributed by atoms with Gasteiger partial charge in [-0.15, -0.1) is 0 Å². The second-order valence-electron chi connectivity index (χ2n) is 2.92. The van der Waals surface area contributed by atoms with Crippen LogP contribution >= 0.6 is 0 Å².